The zero-order chi connectivity index (χ0) is 13.8. The van der Waals surface area contributed by atoms with E-state index in [1.54, 1.807) is 0 Å². The van der Waals surface area contributed by atoms with E-state index in [0.29, 0.717) is 0 Å². The van der Waals surface area contributed by atoms with Gasteiger partial charge in [0.25, 0.3) is 0 Å². The molecule has 0 atom stereocenters. The van der Waals surface area contributed by atoms with Gasteiger partial charge in [0.15, 0.2) is 0 Å². The number of rotatable bonds is 3. The minimum absolute atomic E-state index is 0.462. The molecule has 0 amide bonds. The molecule has 0 radical (unpaired) electrons. The van der Waals surface area contributed by atoms with E-state index in [4.69, 9.17) is 0 Å². The Balaban J connectivity index is 2.12. The average Bonchev–Trinajstić information content (AvgIpc) is 2.52. The predicted molar refractivity (Wildman–Crippen MR) is 93.4 cm³/mol. The molecule has 2 aromatic rings. The smallest absolute Gasteiger partial charge is 0.00370 e. The molecule has 2 heteroatoms. The van der Waals surface area contributed by atoms with E-state index in [0.717, 1.165) is 12.8 Å². The third kappa shape index (κ3) is 2.95. The zero-order valence-corrected chi connectivity index (χ0v) is 13.6. The molecule has 3 rings (SSSR count). The summed E-state index contributed by atoms with van der Waals surface area (Å²) in [7, 11) is -0.462. The summed E-state index contributed by atoms with van der Waals surface area (Å²) in [5.41, 5.74) is 0. The van der Waals surface area contributed by atoms with E-state index in [9.17, 15) is 0 Å². The Kier molecular flexibility index (Phi) is 4.50. The number of hydrogen-bond acceptors (Lipinski definition) is 0. The molecule has 0 spiro atoms. The molecule has 0 heterocycles. The van der Waals surface area contributed by atoms with Crippen molar-refractivity contribution in [1.82, 2.24) is 0 Å². The highest BCUT2D eigenvalue weighted by Crippen LogP contribution is 2.48. The van der Waals surface area contributed by atoms with Gasteiger partial charge in [-0.3, -0.25) is 0 Å². The van der Waals surface area contributed by atoms with Crippen molar-refractivity contribution in [3.05, 3.63) is 82.6 Å². The molecule has 20 heavy (non-hydrogen) atoms. The van der Waals surface area contributed by atoms with Crippen LogP contribution in [0.2, 0.25) is 0 Å². The Morgan fingerprint density at radius 3 is 1.85 bits per heavy atom. The highest BCUT2D eigenvalue weighted by atomic mass is 79.9. The summed E-state index contributed by atoms with van der Waals surface area (Å²) in [4.78, 5) is 0. The van der Waals surface area contributed by atoms with Gasteiger partial charge in [0.05, 0.1) is 0 Å². The topological polar surface area (TPSA) is 0 Å². The minimum atomic E-state index is -0.462. The van der Waals surface area contributed by atoms with Gasteiger partial charge in [0, 0.05) is 4.48 Å². The second kappa shape index (κ2) is 6.52. The monoisotopic (exact) mass is 342 g/mol. The molecule has 0 unspecified atom stereocenters. The van der Waals surface area contributed by atoms with Crippen LogP contribution in [0.1, 0.15) is 12.8 Å². The molecule has 1 aliphatic rings. The van der Waals surface area contributed by atoms with Crippen LogP contribution in [0.25, 0.3) is 0 Å². The Labute approximate surface area is 130 Å². The van der Waals surface area contributed by atoms with Crippen LogP contribution in [0.15, 0.2) is 82.6 Å². The lowest BCUT2D eigenvalue weighted by atomic mass is 10.2. The van der Waals surface area contributed by atoms with Crippen LogP contribution in [0.3, 0.4) is 0 Å². The lowest BCUT2D eigenvalue weighted by Crippen LogP contribution is -2.13. The van der Waals surface area contributed by atoms with Crippen LogP contribution in [0, 0.1) is 0 Å². The second-order valence-electron chi connectivity index (χ2n) is 4.74. The lowest BCUT2D eigenvalue weighted by Gasteiger charge is -2.23. The quantitative estimate of drug-likeness (QED) is 0.682. The van der Waals surface area contributed by atoms with Gasteiger partial charge in [0.1, 0.15) is 0 Å². The van der Waals surface area contributed by atoms with E-state index >= 15 is 0 Å². The largest absolute Gasteiger partial charge is 0.0835 e. The first-order valence-electron chi connectivity index (χ1n) is 6.81. The third-order valence-corrected chi connectivity index (χ3v) is 7.01. The van der Waals surface area contributed by atoms with Crippen molar-refractivity contribution in [1.29, 1.82) is 0 Å². The van der Waals surface area contributed by atoms with Crippen LogP contribution >= 0.6 is 23.9 Å². The van der Waals surface area contributed by atoms with E-state index in [1.807, 2.05) is 0 Å². The second-order valence-corrected chi connectivity index (χ2v) is 7.88. The van der Waals surface area contributed by atoms with Crippen molar-refractivity contribution in [2.45, 2.75) is 12.8 Å². The van der Waals surface area contributed by atoms with Crippen LogP contribution in [-0.2, 0) is 0 Å². The van der Waals surface area contributed by atoms with E-state index in [-0.39, 0.29) is 0 Å². The maximum absolute atomic E-state index is 3.79. The molecule has 0 aliphatic heterocycles. The molecule has 0 bridgehead atoms. The van der Waals surface area contributed by atoms with Gasteiger partial charge in [-0.2, -0.15) is 0 Å². The first-order chi connectivity index (χ1) is 9.86. The molecule has 0 aromatic heterocycles. The minimum Gasteiger partial charge on any atom is -0.0835 e. The molecule has 0 saturated heterocycles. The van der Waals surface area contributed by atoms with Crippen LogP contribution in [-0.4, -0.2) is 0 Å². The Bertz CT molecular complexity index is 589. The van der Waals surface area contributed by atoms with Gasteiger partial charge in [-0.1, -0.05) is 88.7 Å². The molecular weight excluding hydrogens is 327 g/mol. The summed E-state index contributed by atoms with van der Waals surface area (Å²) >= 11 is 3.79. The number of allylic oxidation sites excluding steroid dienone is 4. The van der Waals surface area contributed by atoms with Gasteiger partial charge in [-0.05, 0) is 36.7 Å². The van der Waals surface area contributed by atoms with Crippen molar-refractivity contribution in [3.8, 4) is 0 Å². The number of halogens is 1. The van der Waals surface area contributed by atoms with Crippen LogP contribution in [0.5, 0.6) is 0 Å². The SMILES string of the molecule is BrC1=C(P(c2ccccc2)c2ccccc2)C=CCC1. The normalized spacial score (nSPS) is 14.9. The Hall–Kier alpha value is -1.17. The summed E-state index contributed by atoms with van der Waals surface area (Å²) in [5, 5.41) is 4.27. The van der Waals surface area contributed by atoms with E-state index < -0.39 is 7.92 Å². The van der Waals surface area contributed by atoms with Crippen LogP contribution < -0.4 is 10.6 Å². The summed E-state index contributed by atoms with van der Waals surface area (Å²) in [6.07, 6.45) is 6.85. The number of benzene rings is 2. The van der Waals surface area contributed by atoms with Gasteiger partial charge < -0.3 is 0 Å². The fraction of sp³-hybridized carbons (Fsp3) is 0.111. The Morgan fingerprint density at radius 2 is 1.35 bits per heavy atom. The number of hydrogen-bond donors (Lipinski definition) is 0. The average molecular weight is 343 g/mol. The maximum atomic E-state index is 3.79. The first kappa shape index (κ1) is 13.8. The summed E-state index contributed by atoms with van der Waals surface area (Å²) < 4.78 is 1.36. The van der Waals surface area contributed by atoms with E-state index in [2.05, 4.69) is 88.7 Å². The highest BCUT2D eigenvalue weighted by molar-refractivity contribution is 9.11. The summed E-state index contributed by atoms with van der Waals surface area (Å²) in [5.74, 6) is 0. The van der Waals surface area contributed by atoms with Crippen molar-refractivity contribution >= 4 is 34.5 Å². The maximum Gasteiger partial charge on any atom is 0.00370 e. The van der Waals surface area contributed by atoms with Crippen LogP contribution in [0.4, 0.5) is 0 Å². The van der Waals surface area contributed by atoms with E-state index in [1.165, 1.54) is 20.4 Å². The van der Waals surface area contributed by atoms with Gasteiger partial charge in [-0.15, -0.1) is 0 Å². The summed E-state index contributed by atoms with van der Waals surface area (Å²) in [6, 6.07) is 21.7. The molecule has 0 nitrogen and oxygen atoms in total. The fourth-order valence-electron chi connectivity index (χ4n) is 2.40. The van der Waals surface area contributed by atoms with Gasteiger partial charge in [-0.25, -0.2) is 0 Å². The molecule has 0 N–H and O–H groups in total. The zero-order valence-electron chi connectivity index (χ0n) is 11.2. The molecule has 2 aromatic carbocycles. The summed E-state index contributed by atoms with van der Waals surface area (Å²) in [6.45, 7) is 0. The van der Waals surface area contributed by atoms with Crippen molar-refractivity contribution in [2.24, 2.45) is 0 Å². The third-order valence-electron chi connectivity index (χ3n) is 3.35. The van der Waals surface area contributed by atoms with Crippen molar-refractivity contribution in [2.75, 3.05) is 0 Å². The first-order valence-corrected chi connectivity index (χ1v) is 8.95. The standard InChI is InChI=1S/C18H16BrP/c19-17-13-7-8-14-18(17)20(15-9-3-1-4-10-15)16-11-5-2-6-12-16/h1-6,8-12,14H,7,13H2. The van der Waals surface area contributed by atoms with Crippen molar-refractivity contribution < 1.29 is 0 Å². The molecule has 0 saturated carbocycles. The van der Waals surface area contributed by atoms with Gasteiger partial charge in [0.2, 0.25) is 0 Å². The molecule has 1 aliphatic carbocycles. The van der Waals surface area contributed by atoms with Crippen molar-refractivity contribution in [3.63, 3.8) is 0 Å². The fourth-order valence-corrected chi connectivity index (χ4v) is 5.70. The molecule has 100 valence electrons. The Morgan fingerprint density at radius 1 is 0.800 bits per heavy atom. The molecular formula is C18H16BrP. The molecule has 0 fully saturated rings. The van der Waals surface area contributed by atoms with Gasteiger partial charge >= 0.3 is 0 Å². The predicted octanol–water partition coefficient (Wildman–Crippen LogP) is 5.08. The highest BCUT2D eigenvalue weighted by Gasteiger charge is 2.20. The lowest BCUT2D eigenvalue weighted by molar-refractivity contribution is 1.02.